The van der Waals surface area contributed by atoms with Gasteiger partial charge in [-0.2, -0.15) is 4.90 Å². The summed E-state index contributed by atoms with van der Waals surface area (Å²) in [5.41, 5.74) is 17.8. The molecule has 1 spiro atoms. The quantitative estimate of drug-likeness (QED) is 0.167. The predicted molar refractivity (Wildman–Crippen MR) is 233 cm³/mol. The lowest BCUT2D eigenvalue weighted by molar-refractivity contribution is -0.936. The number of anilines is 3. The molecule has 5 aliphatic rings. The van der Waals surface area contributed by atoms with E-state index in [1.807, 2.05) is 0 Å². The number of rotatable bonds is 4. The minimum atomic E-state index is -0.755. The van der Waals surface area contributed by atoms with Crippen molar-refractivity contribution < 1.29 is 13.9 Å². The van der Waals surface area contributed by atoms with Crippen LogP contribution in [0.25, 0.3) is 38.9 Å². The average Bonchev–Trinajstić information content (AvgIpc) is 3.77. The zero-order valence-corrected chi connectivity index (χ0v) is 33.4. The van der Waals surface area contributed by atoms with Crippen LogP contribution < -0.4 is 18.8 Å². The molecular formula is C54H40N4O+2. The minimum Gasteiger partial charge on any atom is -0.404 e. The summed E-state index contributed by atoms with van der Waals surface area (Å²) in [4.78, 5) is 2.62. The van der Waals surface area contributed by atoms with E-state index in [2.05, 4.69) is 204 Å². The van der Waals surface area contributed by atoms with Gasteiger partial charge in [0, 0.05) is 51.3 Å². The number of aromatic nitrogens is 3. The van der Waals surface area contributed by atoms with E-state index in [1.54, 1.807) is 0 Å². The van der Waals surface area contributed by atoms with Gasteiger partial charge in [-0.25, -0.2) is 0 Å². The first-order valence-electron chi connectivity index (χ1n) is 21.0. The second kappa shape index (κ2) is 10.5. The van der Waals surface area contributed by atoms with Gasteiger partial charge in [-0.1, -0.05) is 131 Å². The van der Waals surface area contributed by atoms with E-state index in [1.165, 1.54) is 101 Å². The van der Waals surface area contributed by atoms with Crippen LogP contribution in [0.15, 0.2) is 158 Å². The van der Waals surface area contributed by atoms with Crippen LogP contribution in [0.1, 0.15) is 84.0 Å². The van der Waals surface area contributed by atoms with E-state index in [0.717, 1.165) is 11.6 Å². The van der Waals surface area contributed by atoms with Crippen LogP contribution in [0.5, 0.6) is 11.6 Å². The van der Waals surface area contributed by atoms with Crippen molar-refractivity contribution in [2.24, 2.45) is 0 Å². The third-order valence-corrected chi connectivity index (χ3v) is 14.7. The Bertz CT molecular complexity index is 3380. The number of fused-ring (bicyclic) bond motifs is 8. The molecule has 8 heterocycles. The average molecular weight is 761 g/mol. The molecule has 5 heteroatoms. The summed E-state index contributed by atoms with van der Waals surface area (Å²) in [5.74, 6) is 3.28. The van der Waals surface area contributed by atoms with E-state index in [4.69, 9.17) is 4.74 Å². The Balaban J connectivity index is 1.21. The minimum absolute atomic E-state index is 0.154. The van der Waals surface area contributed by atoms with Gasteiger partial charge in [-0.15, -0.1) is 9.13 Å². The molecule has 0 fully saturated rings. The SMILES string of the molecule is CC(c1ccccc1)c1cc2[n+]3c(c1)-c1cc(C(C)c4ccccc4)cc4[n+]1C31c3c(ccc5c3N4c3ccccc3C5(C)C)-n3c4ccccc4c4ccc(c1c43)O2. The van der Waals surface area contributed by atoms with E-state index in [0.29, 0.717) is 0 Å². The van der Waals surface area contributed by atoms with Gasteiger partial charge in [0.1, 0.15) is 16.8 Å². The van der Waals surface area contributed by atoms with Crippen LogP contribution in [-0.4, -0.2) is 4.57 Å². The third-order valence-electron chi connectivity index (χ3n) is 14.7. The normalized spacial score (nSPS) is 18.3. The molecule has 5 aliphatic heterocycles. The van der Waals surface area contributed by atoms with Crippen LogP contribution >= 0.6 is 0 Å². The molecule has 0 radical (unpaired) electrons. The van der Waals surface area contributed by atoms with Crippen molar-refractivity contribution in [2.45, 2.75) is 50.6 Å². The first-order valence-corrected chi connectivity index (χ1v) is 21.0. The van der Waals surface area contributed by atoms with Crippen LogP contribution in [0.3, 0.4) is 0 Å². The number of para-hydroxylation sites is 2. The third kappa shape index (κ3) is 3.58. The molecule has 0 aliphatic carbocycles. The van der Waals surface area contributed by atoms with E-state index in [9.17, 15) is 0 Å². The van der Waals surface area contributed by atoms with Crippen molar-refractivity contribution >= 4 is 39.0 Å². The van der Waals surface area contributed by atoms with Gasteiger partial charge in [-0.05, 0) is 58.7 Å². The molecule has 14 rings (SSSR count). The molecule has 6 aromatic carbocycles. The van der Waals surface area contributed by atoms with Gasteiger partial charge >= 0.3 is 11.5 Å². The molecular weight excluding hydrogens is 721 g/mol. The summed E-state index contributed by atoms with van der Waals surface area (Å²) in [6.07, 6.45) is 0. The summed E-state index contributed by atoms with van der Waals surface area (Å²) in [6, 6.07) is 59.1. The number of ether oxygens (including phenoxy) is 1. The highest BCUT2D eigenvalue weighted by Crippen LogP contribution is 2.64. The molecule has 280 valence electrons. The maximum Gasteiger partial charge on any atom is 0.378 e. The fraction of sp³-hybridized carbons (Fsp3) is 0.148. The van der Waals surface area contributed by atoms with Gasteiger partial charge in [0.25, 0.3) is 11.5 Å². The maximum absolute atomic E-state index is 7.32. The largest absolute Gasteiger partial charge is 0.404 e. The van der Waals surface area contributed by atoms with Gasteiger partial charge in [0.05, 0.1) is 22.8 Å². The second-order valence-electron chi connectivity index (χ2n) is 17.8. The Labute approximate surface area is 342 Å². The molecule has 0 N–H and O–H groups in total. The molecule has 59 heavy (non-hydrogen) atoms. The number of benzene rings is 6. The monoisotopic (exact) mass is 760 g/mol. The lowest BCUT2D eigenvalue weighted by Crippen LogP contribution is -2.75. The zero-order valence-electron chi connectivity index (χ0n) is 33.4. The van der Waals surface area contributed by atoms with Crippen molar-refractivity contribution in [3.8, 4) is 28.7 Å². The molecule has 5 nitrogen and oxygen atoms in total. The predicted octanol–water partition coefficient (Wildman–Crippen LogP) is 11.8. The summed E-state index contributed by atoms with van der Waals surface area (Å²) < 4.78 is 15.2. The number of hydrogen-bond acceptors (Lipinski definition) is 2. The lowest BCUT2D eigenvalue weighted by Gasteiger charge is -2.45. The number of hydrogen-bond donors (Lipinski definition) is 0. The van der Waals surface area contributed by atoms with Crippen molar-refractivity contribution in [1.29, 1.82) is 0 Å². The summed E-state index contributed by atoms with van der Waals surface area (Å²) in [7, 11) is 0. The number of pyridine rings is 2. The van der Waals surface area contributed by atoms with Crippen LogP contribution in [0.4, 0.5) is 17.2 Å². The van der Waals surface area contributed by atoms with Gasteiger partial charge in [0.15, 0.2) is 11.4 Å². The molecule has 0 amide bonds. The van der Waals surface area contributed by atoms with Crippen molar-refractivity contribution in [3.05, 3.63) is 202 Å². The van der Waals surface area contributed by atoms with Crippen LogP contribution in [0.2, 0.25) is 0 Å². The first-order chi connectivity index (χ1) is 28.9. The maximum atomic E-state index is 7.32. The standard InChI is InChI=1S/C54H40N4O/c1-31(33-15-7-5-8-16-33)35-27-44-45-28-36(32(2)34-17-9-6-10-18-34)30-48-58(45)54-49-43(55-41-21-13-11-19-37(41)38-23-26-46(59-48)50(54)51(38)55)25-24-40-52(49)56(47(29-35)57(44)54)42-22-14-12-20-39(42)53(40,3)4/h5-32H,1-4H3/q+2. The van der Waals surface area contributed by atoms with Crippen LogP contribution in [0, 0.1) is 0 Å². The highest BCUT2D eigenvalue weighted by Gasteiger charge is 2.73. The van der Waals surface area contributed by atoms with E-state index < -0.39 is 5.66 Å². The molecule has 3 unspecified atom stereocenters. The first kappa shape index (κ1) is 32.0. The molecule has 3 aromatic heterocycles. The Morgan fingerprint density at radius 1 is 0.542 bits per heavy atom. The topological polar surface area (TPSA) is 25.2 Å². The molecule has 3 atom stereocenters. The summed E-state index contributed by atoms with van der Waals surface area (Å²) >= 11 is 0. The Morgan fingerprint density at radius 3 is 1.97 bits per heavy atom. The fourth-order valence-electron chi connectivity index (χ4n) is 11.9. The zero-order chi connectivity index (χ0) is 39.1. The van der Waals surface area contributed by atoms with Crippen molar-refractivity contribution in [3.63, 3.8) is 0 Å². The van der Waals surface area contributed by atoms with Crippen molar-refractivity contribution in [2.75, 3.05) is 4.90 Å². The highest BCUT2D eigenvalue weighted by molar-refractivity contribution is 6.13. The van der Waals surface area contributed by atoms with Gasteiger partial charge in [0.2, 0.25) is 5.69 Å². The van der Waals surface area contributed by atoms with Crippen molar-refractivity contribution in [1.82, 2.24) is 4.57 Å². The molecule has 0 saturated heterocycles. The summed E-state index contributed by atoms with van der Waals surface area (Å²) in [6.45, 7) is 9.51. The Morgan fingerprint density at radius 2 is 1.20 bits per heavy atom. The molecule has 0 saturated carbocycles. The van der Waals surface area contributed by atoms with Crippen LogP contribution in [-0.2, 0) is 11.1 Å². The summed E-state index contributed by atoms with van der Waals surface area (Å²) in [5, 5.41) is 2.50. The fourth-order valence-corrected chi connectivity index (χ4v) is 11.9. The van der Waals surface area contributed by atoms with Gasteiger partial charge in [-0.3, -0.25) is 0 Å². The lowest BCUT2D eigenvalue weighted by atomic mass is 9.69. The van der Waals surface area contributed by atoms with Gasteiger partial charge < -0.3 is 9.30 Å². The second-order valence-corrected chi connectivity index (χ2v) is 17.8. The smallest absolute Gasteiger partial charge is 0.378 e. The number of nitrogens with zero attached hydrogens (tertiary/aromatic N) is 4. The Hall–Kier alpha value is -6.98. The highest BCUT2D eigenvalue weighted by atomic mass is 16.5. The van der Waals surface area contributed by atoms with E-state index >= 15 is 0 Å². The molecule has 9 aromatic rings. The Kier molecular flexibility index (Phi) is 5.73. The molecule has 0 bridgehead atoms. The van der Waals surface area contributed by atoms with E-state index in [-0.39, 0.29) is 17.3 Å².